The van der Waals surface area contributed by atoms with E-state index in [1.807, 2.05) is 30.3 Å². The summed E-state index contributed by atoms with van der Waals surface area (Å²) in [7, 11) is 0. The summed E-state index contributed by atoms with van der Waals surface area (Å²) in [5, 5.41) is 8.61. The van der Waals surface area contributed by atoms with Gasteiger partial charge >= 0.3 is 0 Å². The molecule has 6 heteroatoms. The fraction of sp³-hybridized carbons (Fsp3) is 0.235. The van der Waals surface area contributed by atoms with Crippen LogP contribution >= 0.6 is 0 Å². The van der Waals surface area contributed by atoms with E-state index in [0.717, 1.165) is 11.3 Å². The summed E-state index contributed by atoms with van der Waals surface area (Å²) in [5.41, 5.74) is 2.35. The van der Waals surface area contributed by atoms with Crippen LogP contribution in [0.2, 0.25) is 0 Å². The molecule has 3 rings (SSSR count). The number of hydrogen-bond donors (Lipinski definition) is 1. The van der Waals surface area contributed by atoms with Gasteiger partial charge in [0.25, 0.3) is 0 Å². The van der Waals surface area contributed by atoms with E-state index in [2.05, 4.69) is 10.4 Å². The normalized spacial score (nSPS) is 17.0. The molecule has 0 fully saturated rings. The molecule has 0 unspecified atom stereocenters. The molecule has 0 aliphatic carbocycles. The Bertz CT molecular complexity index is 765. The number of amides is 2. The molecule has 0 radical (unpaired) electrons. The third-order valence-electron chi connectivity index (χ3n) is 3.63. The molecule has 23 heavy (non-hydrogen) atoms. The molecule has 0 bridgehead atoms. The van der Waals surface area contributed by atoms with E-state index < -0.39 is 0 Å². The maximum absolute atomic E-state index is 11.9. The number of nitrogens with zero attached hydrogens (tertiary/aromatic N) is 2. The molecule has 1 atom stereocenters. The lowest BCUT2D eigenvalue weighted by Gasteiger charge is -2.21. The predicted octanol–water partition coefficient (Wildman–Crippen LogP) is 2.94. The van der Waals surface area contributed by atoms with Crippen LogP contribution in [0.15, 0.2) is 52.2 Å². The lowest BCUT2D eigenvalue weighted by atomic mass is 10.0. The van der Waals surface area contributed by atoms with Gasteiger partial charge in [-0.3, -0.25) is 9.59 Å². The van der Waals surface area contributed by atoms with Gasteiger partial charge in [0, 0.05) is 26.0 Å². The Morgan fingerprint density at radius 2 is 2.09 bits per heavy atom. The molecule has 6 nitrogen and oxygen atoms in total. The number of benzene rings is 1. The number of hydrazone groups is 1. The van der Waals surface area contributed by atoms with Gasteiger partial charge in [0.15, 0.2) is 0 Å². The molecule has 1 aliphatic rings. The van der Waals surface area contributed by atoms with Crippen LogP contribution < -0.4 is 5.32 Å². The Morgan fingerprint density at radius 3 is 2.74 bits per heavy atom. The minimum absolute atomic E-state index is 0.135. The van der Waals surface area contributed by atoms with Gasteiger partial charge in [-0.15, -0.1) is 0 Å². The maximum atomic E-state index is 11.9. The van der Waals surface area contributed by atoms with Crippen molar-refractivity contribution in [2.24, 2.45) is 5.10 Å². The van der Waals surface area contributed by atoms with Crippen LogP contribution in [0.25, 0.3) is 0 Å². The molecule has 1 N–H and O–H groups in total. The Balaban J connectivity index is 1.90. The van der Waals surface area contributed by atoms with Crippen LogP contribution in [-0.4, -0.2) is 22.5 Å². The first kappa shape index (κ1) is 15.0. The van der Waals surface area contributed by atoms with E-state index in [-0.39, 0.29) is 17.9 Å². The molecular formula is C17H17N3O3. The summed E-state index contributed by atoms with van der Waals surface area (Å²) in [6.45, 7) is 2.95. The van der Waals surface area contributed by atoms with Crippen molar-refractivity contribution in [3.8, 4) is 0 Å². The smallest absolute Gasteiger partial charge is 0.240 e. The third-order valence-corrected chi connectivity index (χ3v) is 3.63. The topological polar surface area (TPSA) is 74.9 Å². The van der Waals surface area contributed by atoms with Crippen molar-refractivity contribution in [1.29, 1.82) is 0 Å². The molecule has 1 aromatic carbocycles. The summed E-state index contributed by atoms with van der Waals surface area (Å²) < 4.78 is 5.38. The SMILES string of the molecule is CC(=O)Nc1cccc([C@H]2CC(c3ccco3)=NN2C(C)=O)c1. The van der Waals surface area contributed by atoms with Crippen LogP contribution in [0.3, 0.4) is 0 Å². The molecule has 1 aliphatic heterocycles. The van der Waals surface area contributed by atoms with E-state index in [0.29, 0.717) is 17.9 Å². The highest BCUT2D eigenvalue weighted by atomic mass is 16.3. The maximum Gasteiger partial charge on any atom is 0.240 e. The minimum Gasteiger partial charge on any atom is -0.463 e. The van der Waals surface area contributed by atoms with Crippen molar-refractivity contribution < 1.29 is 14.0 Å². The van der Waals surface area contributed by atoms with Gasteiger partial charge in [0.2, 0.25) is 11.8 Å². The number of nitrogens with one attached hydrogen (secondary N) is 1. The van der Waals surface area contributed by atoms with Crippen molar-refractivity contribution >= 4 is 23.2 Å². The first-order chi connectivity index (χ1) is 11.0. The summed E-state index contributed by atoms with van der Waals surface area (Å²) in [6, 6.07) is 10.9. The molecule has 2 amide bonds. The average molecular weight is 311 g/mol. The van der Waals surface area contributed by atoms with E-state index >= 15 is 0 Å². The van der Waals surface area contributed by atoms with Crippen LogP contribution in [0.4, 0.5) is 5.69 Å². The Kier molecular flexibility index (Phi) is 3.97. The first-order valence-electron chi connectivity index (χ1n) is 7.33. The fourth-order valence-corrected chi connectivity index (χ4v) is 2.68. The van der Waals surface area contributed by atoms with Crippen LogP contribution in [-0.2, 0) is 9.59 Å². The highest BCUT2D eigenvalue weighted by molar-refractivity contribution is 6.01. The highest BCUT2D eigenvalue weighted by Crippen LogP contribution is 2.33. The van der Waals surface area contributed by atoms with E-state index in [4.69, 9.17) is 4.42 Å². The summed E-state index contributed by atoms with van der Waals surface area (Å²) in [4.78, 5) is 23.1. The van der Waals surface area contributed by atoms with Gasteiger partial charge in [0.05, 0.1) is 12.3 Å². The number of carbonyl (C=O) groups is 2. The summed E-state index contributed by atoms with van der Waals surface area (Å²) in [5.74, 6) is 0.391. The Morgan fingerprint density at radius 1 is 1.26 bits per heavy atom. The lowest BCUT2D eigenvalue weighted by Crippen LogP contribution is -2.24. The fourth-order valence-electron chi connectivity index (χ4n) is 2.68. The largest absolute Gasteiger partial charge is 0.463 e. The standard InChI is InChI=1S/C17H17N3O3/c1-11(21)18-14-6-3-5-13(9-14)16-10-15(17-7-4-8-23-17)19-20(16)12(2)22/h3-9,16H,10H2,1-2H3,(H,18,21)/t16-/m1/s1. The highest BCUT2D eigenvalue weighted by Gasteiger charge is 2.32. The zero-order valence-corrected chi connectivity index (χ0v) is 12.9. The van der Waals surface area contributed by atoms with Crippen molar-refractivity contribution in [3.63, 3.8) is 0 Å². The molecule has 1 aromatic heterocycles. The molecule has 2 heterocycles. The van der Waals surface area contributed by atoms with Crippen molar-refractivity contribution in [2.75, 3.05) is 5.32 Å². The zero-order valence-electron chi connectivity index (χ0n) is 12.9. The summed E-state index contributed by atoms with van der Waals surface area (Å²) in [6.07, 6.45) is 2.15. The molecule has 118 valence electrons. The van der Waals surface area contributed by atoms with Crippen molar-refractivity contribution in [3.05, 3.63) is 54.0 Å². The Hall–Kier alpha value is -2.89. The number of anilines is 1. The van der Waals surface area contributed by atoms with Crippen molar-refractivity contribution in [1.82, 2.24) is 5.01 Å². The molecule has 0 saturated heterocycles. The van der Waals surface area contributed by atoms with Gasteiger partial charge in [-0.1, -0.05) is 12.1 Å². The van der Waals surface area contributed by atoms with Gasteiger partial charge in [0.1, 0.15) is 11.5 Å². The average Bonchev–Trinajstić information content (AvgIpc) is 3.16. The lowest BCUT2D eigenvalue weighted by molar-refractivity contribution is -0.130. The predicted molar refractivity (Wildman–Crippen MR) is 85.9 cm³/mol. The second kappa shape index (κ2) is 6.08. The van der Waals surface area contributed by atoms with Crippen LogP contribution in [0.1, 0.15) is 37.6 Å². The molecule has 0 saturated carbocycles. The number of hydrogen-bond acceptors (Lipinski definition) is 4. The monoisotopic (exact) mass is 311 g/mol. The van der Waals surface area contributed by atoms with Gasteiger partial charge in [-0.25, -0.2) is 5.01 Å². The van der Waals surface area contributed by atoms with Crippen LogP contribution in [0.5, 0.6) is 0 Å². The van der Waals surface area contributed by atoms with Gasteiger partial charge in [-0.2, -0.15) is 5.10 Å². The van der Waals surface area contributed by atoms with Gasteiger partial charge in [-0.05, 0) is 29.8 Å². The quantitative estimate of drug-likeness (QED) is 0.947. The zero-order chi connectivity index (χ0) is 16.4. The molecular weight excluding hydrogens is 294 g/mol. The van der Waals surface area contributed by atoms with E-state index in [1.165, 1.54) is 18.9 Å². The second-order valence-electron chi connectivity index (χ2n) is 5.41. The third kappa shape index (κ3) is 3.15. The second-order valence-corrected chi connectivity index (χ2v) is 5.41. The van der Waals surface area contributed by atoms with Gasteiger partial charge < -0.3 is 9.73 Å². The number of rotatable bonds is 3. The molecule has 2 aromatic rings. The minimum atomic E-state index is -0.207. The summed E-state index contributed by atoms with van der Waals surface area (Å²) >= 11 is 0. The Labute approximate surface area is 133 Å². The first-order valence-corrected chi connectivity index (χ1v) is 7.33. The van der Waals surface area contributed by atoms with E-state index in [1.54, 1.807) is 12.3 Å². The van der Waals surface area contributed by atoms with Crippen LogP contribution in [0, 0.1) is 0 Å². The van der Waals surface area contributed by atoms with E-state index in [9.17, 15) is 9.59 Å². The molecule has 0 spiro atoms. The number of furan rings is 1. The van der Waals surface area contributed by atoms with Crippen molar-refractivity contribution in [2.45, 2.75) is 26.3 Å². The number of carbonyl (C=O) groups excluding carboxylic acids is 2.